The van der Waals surface area contributed by atoms with Crippen molar-refractivity contribution in [1.82, 2.24) is 9.97 Å². The van der Waals surface area contributed by atoms with Crippen molar-refractivity contribution in [1.29, 1.82) is 0 Å². The van der Waals surface area contributed by atoms with Crippen LogP contribution in [0, 0.1) is 0 Å². The minimum atomic E-state index is -0.570. The zero-order chi connectivity index (χ0) is 23.3. The summed E-state index contributed by atoms with van der Waals surface area (Å²) in [6, 6.07) is 25.7. The summed E-state index contributed by atoms with van der Waals surface area (Å²) in [6.45, 7) is 2.90. The van der Waals surface area contributed by atoms with Crippen LogP contribution in [0.5, 0.6) is 0 Å². The van der Waals surface area contributed by atoms with Crippen LogP contribution in [-0.2, 0) is 27.4 Å². The Morgan fingerprint density at radius 1 is 0.882 bits per heavy atom. The normalized spacial score (nSPS) is 22.3. The maximum absolute atomic E-state index is 13.0. The zero-order valence-corrected chi connectivity index (χ0v) is 19.1. The fourth-order valence-corrected chi connectivity index (χ4v) is 4.48. The Balaban J connectivity index is 1.47. The minimum Gasteiger partial charge on any atom is -0.368 e. The van der Waals surface area contributed by atoms with Crippen molar-refractivity contribution in [2.45, 2.75) is 51.0 Å². The Morgan fingerprint density at radius 3 is 2.18 bits per heavy atom. The third-order valence-corrected chi connectivity index (χ3v) is 6.23. The first-order valence-corrected chi connectivity index (χ1v) is 11.7. The van der Waals surface area contributed by atoms with Crippen molar-refractivity contribution >= 4 is 0 Å². The Kier molecular flexibility index (Phi) is 6.81. The third kappa shape index (κ3) is 4.80. The fraction of sp³-hybridized carbons (Fsp3) is 0.286. The van der Waals surface area contributed by atoms with Crippen LogP contribution in [0.2, 0.25) is 0 Å². The van der Waals surface area contributed by atoms with Crippen molar-refractivity contribution in [2.24, 2.45) is 0 Å². The fourth-order valence-electron chi connectivity index (χ4n) is 4.48. The van der Waals surface area contributed by atoms with E-state index in [0.29, 0.717) is 24.6 Å². The summed E-state index contributed by atoms with van der Waals surface area (Å²) in [5, 5.41) is 0. The first-order valence-electron chi connectivity index (χ1n) is 11.7. The topological polar surface area (TPSA) is 73.4 Å². The molecule has 4 atom stereocenters. The van der Waals surface area contributed by atoms with Gasteiger partial charge in [0.1, 0.15) is 24.1 Å². The van der Waals surface area contributed by atoms with Gasteiger partial charge in [-0.2, -0.15) is 4.98 Å². The second kappa shape index (κ2) is 10.3. The second-order valence-corrected chi connectivity index (χ2v) is 8.52. The first-order chi connectivity index (χ1) is 16.7. The molecule has 174 valence electrons. The third-order valence-electron chi connectivity index (χ3n) is 6.23. The highest BCUT2D eigenvalue weighted by Gasteiger charge is 2.47. The molecule has 1 N–H and O–H groups in total. The van der Waals surface area contributed by atoms with Crippen LogP contribution in [-0.4, -0.2) is 28.3 Å². The van der Waals surface area contributed by atoms with Crippen molar-refractivity contribution in [2.75, 3.05) is 0 Å². The number of aromatic amines is 1. The summed E-state index contributed by atoms with van der Waals surface area (Å²) in [5.41, 5.74) is 3.16. The van der Waals surface area contributed by atoms with E-state index in [9.17, 15) is 4.79 Å². The lowest BCUT2D eigenvalue weighted by Crippen LogP contribution is -2.36. The van der Waals surface area contributed by atoms with E-state index >= 15 is 0 Å². The summed E-state index contributed by atoms with van der Waals surface area (Å²) in [6.07, 6.45) is 0.951. The van der Waals surface area contributed by atoms with Crippen LogP contribution < -0.4 is 5.56 Å². The standard InChI is InChI=1S/C28H28N2O4/c1-2-23-25(32-17-19-10-5-3-6-11-19)26(33-18-20-12-7-4-8-13-20)24(34-23)22-16-21-14-9-15-29-27(21)30-28(22)31/h3-16,23-26H,2,17-18H2,1H3,(H,29,30,31)/t23-,24+,25?,26-/m1/s1. The molecule has 2 aromatic rings. The van der Waals surface area contributed by atoms with Gasteiger partial charge in [-0.25, -0.2) is 0 Å². The van der Waals surface area contributed by atoms with E-state index in [4.69, 9.17) is 14.2 Å². The molecule has 2 aromatic carbocycles. The molecule has 1 fully saturated rings. The quantitative estimate of drug-likeness (QED) is 0.408. The maximum atomic E-state index is 13.0. The molecule has 0 aliphatic carbocycles. The zero-order valence-electron chi connectivity index (χ0n) is 19.1. The predicted octanol–water partition coefficient (Wildman–Crippen LogP) is 4.90. The molecule has 1 unspecified atom stereocenters. The van der Waals surface area contributed by atoms with Gasteiger partial charge >= 0.3 is 0 Å². The molecular formula is C28H28N2O4. The van der Waals surface area contributed by atoms with E-state index in [2.05, 4.69) is 16.9 Å². The van der Waals surface area contributed by atoms with Gasteiger partial charge < -0.3 is 19.2 Å². The largest absolute Gasteiger partial charge is 0.368 e. The maximum Gasteiger partial charge on any atom is 0.277 e. The van der Waals surface area contributed by atoms with Gasteiger partial charge in [-0.05, 0) is 35.7 Å². The van der Waals surface area contributed by atoms with Crippen LogP contribution in [0.15, 0.2) is 89.9 Å². The van der Waals surface area contributed by atoms with E-state index in [1.165, 1.54) is 0 Å². The average Bonchev–Trinajstić information content (AvgIpc) is 3.24. The first kappa shape index (κ1) is 22.5. The minimum absolute atomic E-state index is 0.202. The van der Waals surface area contributed by atoms with Crippen LogP contribution in [0.4, 0.5) is 0 Å². The Labute approximate surface area is 198 Å². The molecular weight excluding hydrogens is 428 g/mol. The van der Waals surface area contributed by atoms with Crippen LogP contribution in [0.3, 0.4) is 0 Å². The molecule has 6 nitrogen and oxygen atoms in total. The molecule has 3 aliphatic rings. The summed E-state index contributed by atoms with van der Waals surface area (Å²) in [5.74, 6) is 0.555. The molecule has 0 aromatic heterocycles. The van der Waals surface area contributed by atoms with Gasteiger partial charge in [-0.15, -0.1) is 0 Å². The lowest BCUT2D eigenvalue weighted by Gasteiger charge is -2.25. The predicted molar refractivity (Wildman–Crippen MR) is 129 cm³/mol. The average molecular weight is 457 g/mol. The van der Waals surface area contributed by atoms with E-state index in [1.54, 1.807) is 6.20 Å². The number of benzene rings is 2. The van der Waals surface area contributed by atoms with Crippen molar-refractivity contribution in [3.8, 4) is 11.4 Å². The Bertz CT molecular complexity index is 1230. The highest BCUT2D eigenvalue weighted by atomic mass is 16.6. The van der Waals surface area contributed by atoms with Gasteiger partial charge in [0.15, 0.2) is 0 Å². The number of nitrogens with one attached hydrogen (secondary N) is 1. The van der Waals surface area contributed by atoms with Gasteiger partial charge in [0.2, 0.25) is 0 Å². The van der Waals surface area contributed by atoms with E-state index < -0.39 is 12.2 Å². The molecule has 0 saturated carbocycles. The van der Waals surface area contributed by atoms with E-state index in [1.807, 2.05) is 78.9 Å². The van der Waals surface area contributed by atoms with E-state index in [0.717, 1.165) is 23.1 Å². The summed E-state index contributed by atoms with van der Waals surface area (Å²) < 4.78 is 19.3. The van der Waals surface area contributed by atoms with Gasteiger partial charge in [0.25, 0.3) is 5.56 Å². The highest BCUT2D eigenvalue weighted by molar-refractivity contribution is 5.56. The lowest BCUT2D eigenvalue weighted by atomic mass is 9.99. The number of fused-ring (bicyclic) bond motifs is 1. The van der Waals surface area contributed by atoms with Crippen LogP contribution >= 0.6 is 0 Å². The summed E-state index contributed by atoms with van der Waals surface area (Å²) in [4.78, 5) is 20.3. The number of ether oxygens (including phenoxy) is 3. The highest BCUT2D eigenvalue weighted by Crippen LogP contribution is 2.39. The molecule has 0 bridgehead atoms. The molecule has 3 aliphatic heterocycles. The SMILES string of the molecule is CC[C@H]1O[C@@H](c2cc3ccc[nH]c-3nc2=O)[C@@H](OCc2ccccc2)C1OCc1ccccc1. The number of nitrogens with zero attached hydrogens (tertiary/aromatic N) is 1. The monoisotopic (exact) mass is 456 g/mol. The molecule has 1 saturated heterocycles. The molecule has 0 spiro atoms. The van der Waals surface area contributed by atoms with E-state index in [-0.39, 0.29) is 17.8 Å². The van der Waals surface area contributed by atoms with Crippen LogP contribution in [0.25, 0.3) is 11.4 Å². The van der Waals surface area contributed by atoms with Gasteiger partial charge in [-0.1, -0.05) is 67.6 Å². The summed E-state index contributed by atoms with van der Waals surface area (Å²) >= 11 is 0. The number of hydrogen-bond acceptors (Lipinski definition) is 5. The summed E-state index contributed by atoms with van der Waals surface area (Å²) in [7, 11) is 0. The van der Waals surface area contributed by atoms with Crippen molar-refractivity contribution in [3.05, 3.63) is 112 Å². The van der Waals surface area contributed by atoms with Crippen molar-refractivity contribution < 1.29 is 14.2 Å². The Morgan fingerprint density at radius 2 is 1.53 bits per heavy atom. The Hall–Kier alpha value is -3.32. The molecule has 0 radical (unpaired) electrons. The number of H-pyrrole nitrogens is 1. The molecule has 6 heteroatoms. The molecule has 34 heavy (non-hydrogen) atoms. The number of hydrogen-bond donors (Lipinski definition) is 1. The van der Waals surface area contributed by atoms with Gasteiger partial charge in [0, 0.05) is 11.8 Å². The molecule has 0 amide bonds. The van der Waals surface area contributed by atoms with Gasteiger partial charge in [-0.3, -0.25) is 4.79 Å². The van der Waals surface area contributed by atoms with Gasteiger partial charge in [0.05, 0.1) is 24.9 Å². The second-order valence-electron chi connectivity index (χ2n) is 8.52. The van der Waals surface area contributed by atoms with Crippen LogP contribution in [0.1, 0.15) is 36.1 Å². The van der Waals surface area contributed by atoms with Crippen molar-refractivity contribution in [3.63, 3.8) is 0 Å². The smallest absolute Gasteiger partial charge is 0.277 e. The lowest BCUT2D eigenvalue weighted by molar-refractivity contribution is -0.0795. The number of pyridine rings is 2. The number of rotatable bonds is 8. The molecule has 3 heterocycles. The number of aromatic nitrogens is 2. The molecule has 5 rings (SSSR count).